The molecule has 1 aromatic heterocycles. The van der Waals surface area contributed by atoms with Gasteiger partial charge in [0.15, 0.2) is 5.75 Å². The van der Waals surface area contributed by atoms with Crippen molar-refractivity contribution in [2.45, 2.75) is 61.4 Å². The van der Waals surface area contributed by atoms with Gasteiger partial charge in [0.1, 0.15) is 5.69 Å². The van der Waals surface area contributed by atoms with E-state index in [0.29, 0.717) is 30.4 Å². The Morgan fingerprint density at radius 2 is 1.74 bits per heavy atom. The first kappa shape index (κ1) is 28.2. The maximum atomic E-state index is 12.9. The summed E-state index contributed by atoms with van der Waals surface area (Å²) < 4.78 is 7.43. The SMILES string of the molecule is CC.CCOc1c(CC(C)C)nn(CC)c(=O)c1-c1ccccc1C.[CH3-].[Y]. The summed E-state index contributed by atoms with van der Waals surface area (Å²) in [6.45, 7) is 15.2. The molecule has 0 bridgehead atoms. The molecule has 1 aromatic carbocycles. The van der Waals surface area contributed by atoms with Crippen molar-refractivity contribution in [2.24, 2.45) is 5.92 Å². The molecule has 0 aliphatic rings. The smallest absolute Gasteiger partial charge is 0.278 e. The molecule has 0 atom stereocenters. The topological polar surface area (TPSA) is 44.1 Å². The largest absolute Gasteiger partial charge is 0.491 e. The molecule has 2 aromatic rings. The van der Waals surface area contributed by atoms with Crippen LogP contribution in [-0.4, -0.2) is 16.4 Å². The van der Waals surface area contributed by atoms with Gasteiger partial charge in [-0.2, -0.15) is 5.10 Å². The Balaban J connectivity index is 0. The third-order valence-corrected chi connectivity index (χ3v) is 3.78. The van der Waals surface area contributed by atoms with E-state index in [4.69, 9.17) is 4.74 Å². The number of hydrogen-bond donors (Lipinski definition) is 0. The van der Waals surface area contributed by atoms with Gasteiger partial charge in [0.05, 0.1) is 12.2 Å². The molecular weight excluding hydrogens is 413 g/mol. The third kappa shape index (κ3) is 7.15. The van der Waals surface area contributed by atoms with E-state index in [1.165, 1.54) is 0 Å². The molecule has 0 saturated carbocycles. The number of hydrogen-bond acceptors (Lipinski definition) is 3. The molecule has 0 aliphatic carbocycles. The van der Waals surface area contributed by atoms with E-state index in [0.717, 1.165) is 23.2 Å². The summed E-state index contributed by atoms with van der Waals surface area (Å²) in [7, 11) is 0. The normalized spacial score (nSPS) is 9.63. The average molecular weight is 448 g/mol. The van der Waals surface area contributed by atoms with Crippen LogP contribution in [0.2, 0.25) is 0 Å². The molecule has 2 rings (SSSR count). The van der Waals surface area contributed by atoms with Gasteiger partial charge in [-0.15, -0.1) is 0 Å². The van der Waals surface area contributed by atoms with Gasteiger partial charge in [0.25, 0.3) is 5.56 Å². The Morgan fingerprint density at radius 1 is 1.15 bits per heavy atom. The summed E-state index contributed by atoms with van der Waals surface area (Å²) in [4.78, 5) is 12.9. The van der Waals surface area contributed by atoms with Crippen LogP contribution in [0.1, 0.15) is 52.8 Å². The molecule has 0 aliphatic heterocycles. The Kier molecular flexibility index (Phi) is 14.7. The first-order valence-electron chi connectivity index (χ1n) is 9.32. The second-order valence-corrected chi connectivity index (χ2v) is 6.12. The van der Waals surface area contributed by atoms with Crippen molar-refractivity contribution < 1.29 is 37.4 Å². The van der Waals surface area contributed by atoms with Crippen LogP contribution in [0.15, 0.2) is 29.1 Å². The molecule has 4 nitrogen and oxygen atoms in total. The van der Waals surface area contributed by atoms with Crippen LogP contribution in [0.5, 0.6) is 5.75 Å². The predicted molar refractivity (Wildman–Crippen MR) is 112 cm³/mol. The van der Waals surface area contributed by atoms with Gasteiger partial charge < -0.3 is 12.2 Å². The van der Waals surface area contributed by atoms with Crippen LogP contribution in [0.25, 0.3) is 11.1 Å². The van der Waals surface area contributed by atoms with Crippen molar-refractivity contribution in [2.75, 3.05) is 6.61 Å². The average Bonchev–Trinajstić information content (AvgIpc) is 2.60. The summed E-state index contributed by atoms with van der Waals surface area (Å²) in [5.74, 6) is 1.08. The van der Waals surface area contributed by atoms with Crippen LogP contribution >= 0.6 is 0 Å². The van der Waals surface area contributed by atoms with Crippen LogP contribution in [0, 0.1) is 20.3 Å². The molecule has 0 amide bonds. The molecule has 0 spiro atoms. The second kappa shape index (κ2) is 14.1. The van der Waals surface area contributed by atoms with Gasteiger partial charge in [-0.3, -0.25) is 4.79 Å². The summed E-state index contributed by atoms with van der Waals surface area (Å²) in [5.41, 5.74) is 3.40. The maximum Gasteiger partial charge on any atom is 0.278 e. The molecule has 0 saturated heterocycles. The molecule has 1 heterocycles. The van der Waals surface area contributed by atoms with E-state index in [-0.39, 0.29) is 45.7 Å². The van der Waals surface area contributed by atoms with Gasteiger partial charge in [-0.05, 0) is 44.2 Å². The van der Waals surface area contributed by atoms with Gasteiger partial charge in [0.2, 0.25) is 0 Å². The Morgan fingerprint density at radius 3 is 2.22 bits per heavy atom. The Bertz CT molecular complexity index is 740. The summed E-state index contributed by atoms with van der Waals surface area (Å²) >= 11 is 0. The molecule has 0 fully saturated rings. The molecular formula is C22H35N2O2Y-. The zero-order chi connectivity index (χ0) is 19.0. The van der Waals surface area contributed by atoms with Crippen LogP contribution < -0.4 is 10.3 Å². The van der Waals surface area contributed by atoms with E-state index in [9.17, 15) is 4.79 Å². The molecule has 1 radical (unpaired) electrons. The van der Waals surface area contributed by atoms with E-state index >= 15 is 0 Å². The number of ether oxygens (including phenoxy) is 1. The Labute approximate surface area is 190 Å². The quantitative estimate of drug-likeness (QED) is 0.563. The number of benzene rings is 1. The molecule has 0 N–H and O–H groups in total. The number of nitrogens with zero attached hydrogens (tertiary/aromatic N) is 2. The molecule has 27 heavy (non-hydrogen) atoms. The third-order valence-electron chi connectivity index (χ3n) is 3.78. The zero-order valence-corrected chi connectivity index (χ0v) is 21.1. The summed E-state index contributed by atoms with van der Waals surface area (Å²) in [6.07, 6.45) is 0.786. The van der Waals surface area contributed by atoms with E-state index < -0.39 is 0 Å². The summed E-state index contributed by atoms with van der Waals surface area (Å²) in [6, 6.07) is 7.93. The Hall–Kier alpha value is -0.996. The van der Waals surface area contributed by atoms with E-state index in [1.807, 2.05) is 58.9 Å². The van der Waals surface area contributed by atoms with Crippen LogP contribution in [-0.2, 0) is 45.7 Å². The zero-order valence-electron chi connectivity index (χ0n) is 18.3. The van der Waals surface area contributed by atoms with Gasteiger partial charge >= 0.3 is 0 Å². The van der Waals surface area contributed by atoms with Gasteiger partial charge in [0, 0.05) is 39.3 Å². The minimum absolute atomic E-state index is 0. The first-order valence-corrected chi connectivity index (χ1v) is 9.32. The van der Waals surface area contributed by atoms with Gasteiger partial charge in [-0.1, -0.05) is 52.0 Å². The fourth-order valence-electron chi connectivity index (χ4n) is 2.73. The second-order valence-electron chi connectivity index (χ2n) is 6.12. The predicted octanol–water partition coefficient (Wildman–Crippen LogP) is 5.31. The number of aromatic nitrogens is 2. The van der Waals surface area contributed by atoms with Crippen molar-refractivity contribution in [1.29, 1.82) is 0 Å². The summed E-state index contributed by atoms with van der Waals surface area (Å²) in [5, 5.41) is 4.54. The molecule has 5 heteroatoms. The van der Waals surface area contributed by atoms with E-state index in [1.54, 1.807) is 4.68 Å². The molecule has 0 unspecified atom stereocenters. The van der Waals surface area contributed by atoms with Crippen LogP contribution in [0.4, 0.5) is 0 Å². The fraction of sp³-hybridized carbons (Fsp3) is 0.500. The fourth-order valence-corrected chi connectivity index (χ4v) is 2.73. The minimum atomic E-state index is -0.0854. The van der Waals surface area contributed by atoms with Crippen LogP contribution in [0.3, 0.4) is 0 Å². The van der Waals surface area contributed by atoms with Crippen molar-refractivity contribution in [3.8, 4) is 16.9 Å². The maximum absolute atomic E-state index is 12.9. The monoisotopic (exact) mass is 448 g/mol. The van der Waals surface area contributed by atoms with Crippen molar-refractivity contribution in [3.63, 3.8) is 0 Å². The van der Waals surface area contributed by atoms with Crippen molar-refractivity contribution >= 4 is 0 Å². The van der Waals surface area contributed by atoms with Gasteiger partial charge in [-0.25, -0.2) is 4.68 Å². The standard InChI is InChI=1S/C19H26N2O2.C2H6.CH3.Y/c1-6-21-19(22)17(15-11-9-8-10-14(15)5)18(23-7-2)16(20-21)12-13(3)4;1-2;;/h8-11,13H,6-7,12H2,1-5H3;1-2H3;1H3;/q;;-1;. The first-order chi connectivity index (χ1) is 12.0. The number of rotatable bonds is 6. The van der Waals surface area contributed by atoms with Crippen molar-refractivity contribution in [3.05, 3.63) is 53.3 Å². The molecule has 149 valence electrons. The van der Waals surface area contributed by atoms with E-state index in [2.05, 4.69) is 18.9 Å². The minimum Gasteiger partial charge on any atom is -0.491 e. The van der Waals surface area contributed by atoms with Crippen molar-refractivity contribution in [1.82, 2.24) is 9.78 Å². The number of aryl methyl sites for hydroxylation is 2.